The highest BCUT2D eigenvalue weighted by molar-refractivity contribution is 6.32. The van der Waals surface area contributed by atoms with Crippen molar-refractivity contribution in [1.82, 2.24) is 0 Å². The Hall–Kier alpha value is -0.950. The molecule has 0 N–H and O–H groups in total. The summed E-state index contributed by atoms with van der Waals surface area (Å²) >= 11 is 6.26. The van der Waals surface area contributed by atoms with Gasteiger partial charge in [-0.15, -0.1) is 0 Å². The molecule has 0 heterocycles. The van der Waals surface area contributed by atoms with Gasteiger partial charge < -0.3 is 4.74 Å². The van der Waals surface area contributed by atoms with Crippen LogP contribution in [0, 0.1) is 5.92 Å². The second-order valence-electron chi connectivity index (χ2n) is 4.62. The first-order chi connectivity index (χ1) is 8.24. The molecule has 1 aromatic carbocycles. The van der Waals surface area contributed by atoms with Gasteiger partial charge >= 0.3 is 0 Å². The Labute approximate surface area is 108 Å². The molecule has 92 valence electrons. The first kappa shape index (κ1) is 12.5. The van der Waals surface area contributed by atoms with Crippen LogP contribution in [-0.2, 0) is 0 Å². The van der Waals surface area contributed by atoms with Crippen molar-refractivity contribution in [1.29, 1.82) is 0 Å². The summed E-state index contributed by atoms with van der Waals surface area (Å²) in [6.07, 6.45) is 7.20. The SMILES string of the molecule is CCC1CC=C(c2cc(OC)ccc2Cl)CC1. The van der Waals surface area contributed by atoms with E-state index in [-0.39, 0.29) is 0 Å². The first-order valence-corrected chi connectivity index (χ1v) is 6.65. The normalized spacial score (nSPS) is 19.9. The van der Waals surface area contributed by atoms with Crippen molar-refractivity contribution in [2.45, 2.75) is 32.6 Å². The Morgan fingerprint density at radius 3 is 2.82 bits per heavy atom. The highest BCUT2D eigenvalue weighted by atomic mass is 35.5. The predicted octanol–water partition coefficient (Wildman–Crippen LogP) is 4.94. The summed E-state index contributed by atoms with van der Waals surface area (Å²) in [5.41, 5.74) is 2.51. The maximum atomic E-state index is 6.26. The monoisotopic (exact) mass is 250 g/mol. The van der Waals surface area contributed by atoms with Crippen LogP contribution in [0.15, 0.2) is 24.3 Å². The van der Waals surface area contributed by atoms with E-state index in [1.165, 1.54) is 24.8 Å². The topological polar surface area (TPSA) is 9.23 Å². The Morgan fingerprint density at radius 2 is 2.24 bits per heavy atom. The van der Waals surface area contributed by atoms with Crippen LogP contribution in [0.2, 0.25) is 5.02 Å². The van der Waals surface area contributed by atoms with E-state index in [1.54, 1.807) is 7.11 Å². The second kappa shape index (κ2) is 5.59. The zero-order valence-electron chi connectivity index (χ0n) is 10.5. The molecule has 0 amide bonds. The van der Waals surface area contributed by atoms with Crippen LogP contribution >= 0.6 is 11.6 Å². The second-order valence-corrected chi connectivity index (χ2v) is 5.03. The molecule has 0 bridgehead atoms. The first-order valence-electron chi connectivity index (χ1n) is 6.27. The number of benzene rings is 1. The molecule has 0 fully saturated rings. The van der Waals surface area contributed by atoms with Crippen molar-refractivity contribution in [3.8, 4) is 5.75 Å². The van der Waals surface area contributed by atoms with E-state index in [4.69, 9.17) is 16.3 Å². The van der Waals surface area contributed by atoms with Gasteiger partial charge in [-0.05, 0) is 54.5 Å². The van der Waals surface area contributed by atoms with Gasteiger partial charge in [-0.2, -0.15) is 0 Å². The van der Waals surface area contributed by atoms with Gasteiger partial charge in [0.2, 0.25) is 0 Å². The predicted molar refractivity (Wildman–Crippen MR) is 73.6 cm³/mol. The highest BCUT2D eigenvalue weighted by Crippen LogP contribution is 2.36. The van der Waals surface area contributed by atoms with E-state index in [2.05, 4.69) is 13.0 Å². The summed E-state index contributed by atoms with van der Waals surface area (Å²) in [5, 5.41) is 0.826. The number of allylic oxidation sites excluding steroid dienone is 2. The van der Waals surface area contributed by atoms with E-state index < -0.39 is 0 Å². The number of ether oxygens (including phenoxy) is 1. The van der Waals surface area contributed by atoms with Crippen molar-refractivity contribution in [2.24, 2.45) is 5.92 Å². The summed E-state index contributed by atoms with van der Waals surface area (Å²) in [5.74, 6) is 1.73. The van der Waals surface area contributed by atoms with Gasteiger partial charge in [-0.25, -0.2) is 0 Å². The Kier molecular flexibility index (Phi) is 4.11. The van der Waals surface area contributed by atoms with Gasteiger partial charge in [0.05, 0.1) is 7.11 Å². The van der Waals surface area contributed by atoms with Gasteiger partial charge in [0.15, 0.2) is 0 Å². The van der Waals surface area contributed by atoms with Crippen molar-refractivity contribution in [2.75, 3.05) is 7.11 Å². The maximum Gasteiger partial charge on any atom is 0.119 e. The van der Waals surface area contributed by atoms with Crippen LogP contribution in [0.4, 0.5) is 0 Å². The average Bonchev–Trinajstić information content (AvgIpc) is 2.39. The fourth-order valence-corrected chi connectivity index (χ4v) is 2.62. The van der Waals surface area contributed by atoms with Crippen LogP contribution in [0.3, 0.4) is 0 Å². The maximum absolute atomic E-state index is 6.26. The molecule has 0 aliphatic heterocycles. The minimum atomic E-state index is 0.826. The number of hydrogen-bond acceptors (Lipinski definition) is 1. The molecule has 1 aliphatic carbocycles. The van der Waals surface area contributed by atoms with E-state index in [9.17, 15) is 0 Å². The van der Waals surface area contributed by atoms with Crippen molar-refractivity contribution in [3.63, 3.8) is 0 Å². The van der Waals surface area contributed by atoms with Gasteiger partial charge in [0.1, 0.15) is 5.75 Å². The van der Waals surface area contributed by atoms with Gasteiger partial charge in [0.25, 0.3) is 0 Å². The fourth-order valence-electron chi connectivity index (χ4n) is 2.38. The summed E-state index contributed by atoms with van der Waals surface area (Å²) in [6.45, 7) is 2.27. The van der Waals surface area contributed by atoms with Gasteiger partial charge in [-0.3, -0.25) is 0 Å². The molecular weight excluding hydrogens is 232 g/mol. The van der Waals surface area contributed by atoms with Crippen LogP contribution in [0.25, 0.3) is 5.57 Å². The Morgan fingerprint density at radius 1 is 1.41 bits per heavy atom. The summed E-state index contributed by atoms with van der Waals surface area (Å²) in [6, 6.07) is 5.87. The number of halogens is 1. The molecular formula is C15H19ClO. The molecule has 1 unspecified atom stereocenters. The van der Waals surface area contributed by atoms with Crippen molar-refractivity contribution < 1.29 is 4.74 Å². The third kappa shape index (κ3) is 2.84. The van der Waals surface area contributed by atoms with E-state index >= 15 is 0 Å². The van der Waals surface area contributed by atoms with Crippen LogP contribution in [0.5, 0.6) is 5.75 Å². The number of methoxy groups -OCH3 is 1. The number of rotatable bonds is 3. The van der Waals surface area contributed by atoms with E-state index in [0.717, 1.165) is 28.7 Å². The molecule has 0 radical (unpaired) electrons. The summed E-state index contributed by atoms with van der Waals surface area (Å²) < 4.78 is 5.26. The molecule has 2 rings (SSSR count). The largest absolute Gasteiger partial charge is 0.497 e. The number of hydrogen-bond donors (Lipinski definition) is 0. The molecule has 1 aromatic rings. The lowest BCUT2D eigenvalue weighted by atomic mass is 9.85. The zero-order valence-corrected chi connectivity index (χ0v) is 11.3. The molecule has 2 heteroatoms. The molecule has 1 aliphatic rings. The smallest absolute Gasteiger partial charge is 0.119 e. The molecule has 0 aromatic heterocycles. The average molecular weight is 251 g/mol. The van der Waals surface area contributed by atoms with Crippen molar-refractivity contribution in [3.05, 3.63) is 34.9 Å². The molecule has 1 nitrogen and oxygen atoms in total. The minimum absolute atomic E-state index is 0.826. The third-order valence-corrected chi connectivity index (χ3v) is 3.95. The van der Waals surface area contributed by atoms with E-state index in [1.807, 2.05) is 18.2 Å². The van der Waals surface area contributed by atoms with Crippen LogP contribution in [-0.4, -0.2) is 7.11 Å². The Bertz CT molecular complexity index is 423. The van der Waals surface area contributed by atoms with Crippen LogP contribution < -0.4 is 4.74 Å². The van der Waals surface area contributed by atoms with Gasteiger partial charge in [0, 0.05) is 5.02 Å². The lowest BCUT2D eigenvalue weighted by Crippen LogP contribution is -2.04. The highest BCUT2D eigenvalue weighted by Gasteiger charge is 2.15. The molecule has 17 heavy (non-hydrogen) atoms. The Balaban J connectivity index is 2.25. The third-order valence-electron chi connectivity index (χ3n) is 3.62. The lowest BCUT2D eigenvalue weighted by molar-refractivity contribution is 0.414. The van der Waals surface area contributed by atoms with Gasteiger partial charge in [-0.1, -0.05) is 31.0 Å². The summed E-state index contributed by atoms with van der Waals surface area (Å²) in [4.78, 5) is 0. The minimum Gasteiger partial charge on any atom is -0.497 e. The molecule has 0 saturated heterocycles. The fraction of sp³-hybridized carbons (Fsp3) is 0.467. The van der Waals surface area contributed by atoms with Crippen LogP contribution in [0.1, 0.15) is 38.2 Å². The van der Waals surface area contributed by atoms with E-state index in [0.29, 0.717) is 0 Å². The molecule has 0 saturated carbocycles. The lowest BCUT2D eigenvalue weighted by Gasteiger charge is -2.21. The zero-order chi connectivity index (χ0) is 12.3. The van der Waals surface area contributed by atoms with Crippen molar-refractivity contribution >= 4 is 17.2 Å². The standard InChI is InChI=1S/C15H19ClO/c1-3-11-4-6-12(7-5-11)14-10-13(17-2)8-9-15(14)16/h6,8-11H,3-5,7H2,1-2H3. The quantitative estimate of drug-likeness (QED) is 0.738. The molecule has 1 atom stereocenters. The molecule has 0 spiro atoms. The summed E-state index contributed by atoms with van der Waals surface area (Å²) in [7, 11) is 1.69.